The van der Waals surface area contributed by atoms with Gasteiger partial charge >= 0.3 is 12.0 Å². The molecule has 36 heavy (non-hydrogen) atoms. The largest absolute Gasteiger partial charge is 0.481 e. The molecule has 1 saturated carbocycles. The zero-order valence-electron chi connectivity index (χ0n) is 20.2. The molecule has 9 heteroatoms. The number of carboxylic acid groups (broad SMARTS) is 1. The standard InChI is InChI=1S/C27H29N5O4/c1-3-27(25(34)35)15-21(27)17-10-12-19(13-11-17)31-24(33)20-16-29-23(32-26(36)28-4-2)14-22(20)30-18-8-6-5-7-9-18/h5-14,16,21H,3-4,15H2,1-2H3,(H,31,33)(H,34,35)(H3,28,29,30,32,36)/t21-,27-/m1/s1. The van der Waals surface area contributed by atoms with Crippen LogP contribution in [0.4, 0.5) is 27.7 Å². The smallest absolute Gasteiger partial charge is 0.320 e. The van der Waals surface area contributed by atoms with Crippen molar-refractivity contribution in [2.45, 2.75) is 32.6 Å². The van der Waals surface area contributed by atoms with Crippen molar-refractivity contribution in [1.29, 1.82) is 0 Å². The lowest BCUT2D eigenvalue weighted by molar-refractivity contribution is -0.143. The first-order valence-electron chi connectivity index (χ1n) is 11.9. The summed E-state index contributed by atoms with van der Waals surface area (Å²) < 4.78 is 0. The van der Waals surface area contributed by atoms with Gasteiger partial charge in [-0.1, -0.05) is 37.3 Å². The number of rotatable bonds is 9. The van der Waals surface area contributed by atoms with Gasteiger partial charge in [-0.2, -0.15) is 0 Å². The number of carbonyl (C=O) groups excluding carboxylic acids is 2. The molecule has 4 rings (SSSR count). The Balaban J connectivity index is 1.52. The molecule has 0 unspecified atom stereocenters. The number of pyridine rings is 1. The van der Waals surface area contributed by atoms with Crippen LogP contribution in [0, 0.1) is 5.41 Å². The molecule has 0 bridgehead atoms. The first-order chi connectivity index (χ1) is 17.4. The SMILES string of the molecule is CCNC(=O)Nc1cc(Nc2ccccc2)c(C(=O)Nc2ccc([C@H]3C[C@@]3(CC)C(=O)O)cc2)cn1. The van der Waals surface area contributed by atoms with Crippen LogP contribution in [0.15, 0.2) is 66.9 Å². The zero-order chi connectivity index (χ0) is 25.7. The fourth-order valence-corrected chi connectivity index (χ4v) is 4.32. The highest BCUT2D eigenvalue weighted by atomic mass is 16.4. The molecular formula is C27H29N5O4. The minimum Gasteiger partial charge on any atom is -0.481 e. The quantitative estimate of drug-likeness (QED) is 0.282. The van der Waals surface area contributed by atoms with Crippen molar-refractivity contribution in [3.05, 3.63) is 78.0 Å². The number of nitrogens with zero attached hydrogens (tertiary/aromatic N) is 1. The number of carboxylic acids is 1. The number of aromatic nitrogens is 1. The highest BCUT2D eigenvalue weighted by Gasteiger charge is 2.59. The number of anilines is 4. The molecule has 1 aliphatic rings. The first kappa shape index (κ1) is 24.7. The van der Waals surface area contributed by atoms with E-state index in [4.69, 9.17) is 0 Å². The van der Waals surface area contributed by atoms with Crippen molar-refractivity contribution in [2.24, 2.45) is 5.41 Å². The molecule has 1 aromatic heterocycles. The third-order valence-corrected chi connectivity index (χ3v) is 6.48. The van der Waals surface area contributed by atoms with Gasteiger partial charge in [-0.15, -0.1) is 0 Å². The van der Waals surface area contributed by atoms with Gasteiger partial charge in [0.2, 0.25) is 0 Å². The zero-order valence-corrected chi connectivity index (χ0v) is 20.2. The Kier molecular flexibility index (Phi) is 7.19. The molecule has 1 heterocycles. The molecule has 0 saturated heterocycles. The first-order valence-corrected chi connectivity index (χ1v) is 11.9. The molecule has 1 fully saturated rings. The number of amides is 3. The van der Waals surface area contributed by atoms with Gasteiger partial charge < -0.3 is 21.1 Å². The third kappa shape index (κ3) is 5.30. The summed E-state index contributed by atoms with van der Waals surface area (Å²) in [6.07, 6.45) is 2.62. The minimum absolute atomic E-state index is 0.0134. The Morgan fingerprint density at radius 1 is 1.00 bits per heavy atom. The minimum atomic E-state index is -0.761. The van der Waals surface area contributed by atoms with Crippen molar-refractivity contribution in [3.8, 4) is 0 Å². The predicted molar refractivity (Wildman–Crippen MR) is 139 cm³/mol. The number of benzene rings is 2. The summed E-state index contributed by atoms with van der Waals surface area (Å²) in [7, 11) is 0. The topological polar surface area (TPSA) is 132 Å². The molecule has 2 aromatic carbocycles. The van der Waals surface area contributed by atoms with Gasteiger partial charge in [0, 0.05) is 36.1 Å². The van der Waals surface area contributed by atoms with Crippen LogP contribution in [0.3, 0.4) is 0 Å². The number of urea groups is 1. The number of para-hydroxylation sites is 1. The third-order valence-electron chi connectivity index (χ3n) is 6.48. The van der Waals surface area contributed by atoms with Gasteiger partial charge in [0.25, 0.3) is 5.91 Å². The van der Waals surface area contributed by atoms with Crippen LogP contribution < -0.4 is 21.3 Å². The van der Waals surface area contributed by atoms with E-state index >= 15 is 0 Å². The maximum absolute atomic E-state index is 13.2. The van der Waals surface area contributed by atoms with Crippen molar-refractivity contribution in [1.82, 2.24) is 10.3 Å². The van der Waals surface area contributed by atoms with E-state index in [9.17, 15) is 19.5 Å². The van der Waals surface area contributed by atoms with Gasteiger partial charge in [-0.3, -0.25) is 14.9 Å². The lowest BCUT2D eigenvalue weighted by atomic mass is 9.96. The number of hydrogen-bond donors (Lipinski definition) is 5. The summed E-state index contributed by atoms with van der Waals surface area (Å²) in [4.78, 5) is 41.0. The molecule has 3 amide bonds. The second kappa shape index (κ2) is 10.5. The summed E-state index contributed by atoms with van der Waals surface area (Å²) in [5, 5.41) is 20.9. The van der Waals surface area contributed by atoms with Gasteiger partial charge in [-0.05, 0) is 49.6 Å². The summed E-state index contributed by atoms with van der Waals surface area (Å²) in [6.45, 7) is 4.18. The average molecular weight is 488 g/mol. The van der Waals surface area contributed by atoms with Crippen LogP contribution in [0.5, 0.6) is 0 Å². The molecule has 0 spiro atoms. The highest BCUT2D eigenvalue weighted by Crippen LogP contribution is 2.61. The number of carbonyl (C=O) groups is 3. The van der Waals surface area contributed by atoms with Gasteiger partial charge in [0.15, 0.2) is 0 Å². The maximum atomic E-state index is 13.2. The number of nitrogens with one attached hydrogen (secondary N) is 4. The molecule has 0 radical (unpaired) electrons. The monoisotopic (exact) mass is 487 g/mol. The lowest BCUT2D eigenvalue weighted by Gasteiger charge is -2.14. The van der Waals surface area contributed by atoms with Gasteiger partial charge in [-0.25, -0.2) is 9.78 Å². The number of hydrogen-bond acceptors (Lipinski definition) is 5. The molecule has 5 N–H and O–H groups in total. The summed E-state index contributed by atoms with van der Waals surface area (Å²) in [5.41, 5.74) is 2.39. The fraction of sp³-hybridized carbons (Fsp3) is 0.259. The maximum Gasteiger partial charge on any atom is 0.320 e. The van der Waals surface area contributed by atoms with Gasteiger partial charge in [0.05, 0.1) is 16.7 Å². The Morgan fingerprint density at radius 2 is 1.72 bits per heavy atom. The molecular weight excluding hydrogens is 458 g/mol. The second-order valence-electron chi connectivity index (χ2n) is 8.74. The molecule has 9 nitrogen and oxygen atoms in total. The Morgan fingerprint density at radius 3 is 2.33 bits per heavy atom. The van der Waals surface area contributed by atoms with Crippen LogP contribution in [0.25, 0.3) is 0 Å². The van der Waals surface area contributed by atoms with E-state index in [-0.39, 0.29) is 11.8 Å². The highest BCUT2D eigenvalue weighted by molar-refractivity contribution is 6.08. The summed E-state index contributed by atoms with van der Waals surface area (Å²) in [5.74, 6) is -0.857. The van der Waals surface area contributed by atoms with Crippen LogP contribution in [0.2, 0.25) is 0 Å². The van der Waals surface area contributed by atoms with Crippen LogP contribution in [0.1, 0.15) is 48.5 Å². The van der Waals surface area contributed by atoms with Crippen LogP contribution >= 0.6 is 0 Å². The summed E-state index contributed by atoms with van der Waals surface area (Å²) >= 11 is 0. The Labute approximate surface area is 209 Å². The molecule has 1 aliphatic carbocycles. The predicted octanol–water partition coefficient (Wildman–Crippen LogP) is 5.19. The van der Waals surface area contributed by atoms with E-state index in [0.29, 0.717) is 42.1 Å². The van der Waals surface area contributed by atoms with Crippen molar-refractivity contribution >= 4 is 40.8 Å². The Bertz CT molecular complexity index is 1260. The second-order valence-corrected chi connectivity index (χ2v) is 8.74. The number of aliphatic carboxylic acids is 1. The van der Waals surface area contributed by atoms with E-state index in [0.717, 1.165) is 11.3 Å². The molecule has 3 aromatic rings. The van der Waals surface area contributed by atoms with E-state index in [1.54, 1.807) is 18.2 Å². The normalized spacial score (nSPS) is 18.1. The van der Waals surface area contributed by atoms with Gasteiger partial charge in [0.1, 0.15) is 5.82 Å². The Hall–Kier alpha value is -4.40. The fourth-order valence-electron chi connectivity index (χ4n) is 4.32. The van der Waals surface area contributed by atoms with E-state index < -0.39 is 17.4 Å². The van der Waals surface area contributed by atoms with Crippen molar-refractivity contribution in [2.75, 3.05) is 22.5 Å². The molecule has 186 valence electrons. The van der Waals surface area contributed by atoms with E-state index in [1.807, 2.05) is 56.3 Å². The van der Waals surface area contributed by atoms with Crippen LogP contribution in [-0.4, -0.2) is 34.5 Å². The van der Waals surface area contributed by atoms with Crippen LogP contribution in [-0.2, 0) is 4.79 Å². The molecule has 0 aliphatic heterocycles. The van der Waals surface area contributed by atoms with E-state index in [1.165, 1.54) is 6.20 Å². The average Bonchev–Trinajstić information content (AvgIpc) is 3.62. The van der Waals surface area contributed by atoms with Crippen molar-refractivity contribution < 1.29 is 19.5 Å². The summed E-state index contributed by atoms with van der Waals surface area (Å²) in [6, 6.07) is 17.8. The van der Waals surface area contributed by atoms with Crippen molar-refractivity contribution in [3.63, 3.8) is 0 Å². The van der Waals surface area contributed by atoms with E-state index in [2.05, 4.69) is 26.3 Å². The lowest BCUT2D eigenvalue weighted by Crippen LogP contribution is -2.28. The molecule has 2 atom stereocenters.